The van der Waals surface area contributed by atoms with Crippen LogP contribution in [0.5, 0.6) is 0 Å². The first-order valence-corrected chi connectivity index (χ1v) is 8.10. The molecule has 2 aromatic carbocycles. The van der Waals surface area contributed by atoms with Crippen molar-refractivity contribution in [1.82, 2.24) is 0 Å². The number of anilines is 2. The number of hydrogen-bond donors (Lipinski definition) is 1. The lowest BCUT2D eigenvalue weighted by Crippen LogP contribution is -2.35. The van der Waals surface area contributed by atoms with Crippen LogP contribution in [0.3, 0.4) is 0 Å². The van der Waals surface area contributed by atoms with Crippen LogP contribution in [0.15, 0.2) is 54.6 Å². The number of rotatable bonds is 7. The van der Waals surface area contributed by atoms with Gasteiger partial charge in [-0.2, -0.15) is 0 Å². The van der Waals surface area contributed by atoms with Crippen molar-refractivity contribution in [2.45, 2.75) is 32.6 Å². The molecule has 0 radical (unpaired) electrons. The molecule has 0 fully saturated rings. The SMILES string of the molecule is CCCCCCN(C(=O)Nc1ccc(F)cc1)c1ccccc1. The van der Waals surface area contributed by atoms with Gasteiger partial charge in [0.25, 0.3) is 0 Å². The van der Waals surface area contributed by atoms with Crippen LogP contribution < -0.4 is 10.2 Å². The minimum atomic E-state index is -0.317. The molecular formula is C19H23FN2O. The third-order valence-electron chi connectivity index (χ3n) is 3.64. The summed E-state index contributed by atoms with van der Waals surface area (Å²) in [5.74, 6) is -0.317. The largest absolute Gasteiger partial charge is 0.326 e. The maximum absolute atomic E-state index is 13.0. The molecule has 0 atom stereocenters. The smallest absolute Gasteiger partial charge is 0.308 e. The van der Waals surface area contributed by atoms with Gasteiger partial charge in [0.05, 0.1) is 0 Å². The highest BCUT2D eigenvalue weighted by molar-refractivity contribution is 6.01. The van der Waals surface area contributed by atoms with Crippen molar-refractivity contribution < 1.29 is 9.18 Å². The van der Waals surface area contributed by atoms with Crippen LogP contribution in [-0.4, -0.2) is 12.6 Å². The highest BCUT2D eigenvalue weighted by Crippen LogP contribution is 2.17. The zero-order valence-electron chi connectivity index (χ0n) is 13.5. The number of nitrogens with one attached hydrogen (secondary N) is 1. The molecule has 0 unspecified atom stereocenters. The summed E-state index contributed by atoms with van der Waals surface area (Å²) in [6, 6.07) is 15.2. The molecule has 0 bridgehead atoms. The first kappa shape index (κ1) is 17.0. The fraction of sp³-hybridized carbons (Fsp3) is 0.316. The van der Waals surface area contributed by atoms with Gasteiger partial charge < -0.3 is 5.32 Å². The average molecular weight is 314 g/mol. The number of benzene rings is 2. The molecule has 23 heavy (non-hydrogen) atoms. The molecule has 4 heteroatoms. The van der Waals surface area contributed by atoms with E-state index < -0.39 is 0 Å². The van der Waals surface area contributed by atoms with Crippen LogP contribution in [0.1, 0.15) is 32.6 Å². The van der Waals surface area contributed by atoms with Crippen molar-refractivity contribution >= 4 is 17.4 Å². The lowest BCUT2D eigenvalue weighted by molar-refractivity contribution is 0.256. The van der Waals surface area contributed by atoms with E-state index in [9.17, 15) is 9.18 Å². The third kappa shape index (κ3) is 5.40. The van der Waals surface area contributed by atoms with Gasteiger partial charge in [-0.15, -0.1) is 0 Å². The lowest BCUT2D eigenvalue weighted by atomic mass is 10.2. The van der Waals surface area contributed by atoms with Crippen molar-refractivity contribution in [2.75, 3.05) is 16.8 Å². The number of carbonyl (C=O) groups is 1. The van der Waals surface area contributed by atoms with Crippen LogP contribution in [0, 0.1) is 5.82 Å². The van der Waals surface area contributed by atoms with Gasteiger partial charge in [-0.25, -0.2) is 9.18 Å². The first-order valence-electron chi connectivity index (χ1n) is 8.10. The summed E-state index contributed by atoms with van der Waals surface area (Å²) in [6.07, 6.45) is 4.39. The van der Waals surface area contributed by atoms with Crippen molar-refractivity contribution in [1.29, 1.82) is 0 Å². The number of hydrogen-bond acceptors (Lipinski definition) is 1. The zero-order chi connectivity index (χ0) is 16.5. The minimum Gasteiger partial charge on any atom is -0.308 e. The second-order valence-corrected chi connectivity index (χ2v) is 5.48. The molecule has 0 heterocycles. The molecular weight excluding hydrogens is 291 g/mol. The van der Waals surface area contributed by atoms with E-state index in [1.807, 2.05) is 30.3 Å². The highest BCUT2D eigenvalue weighted by Gasteiger charge is 2.15. The van der Waals surface area contributed by atoms with Crippen LogP contribution in [0.4, 0.5) is 20.6 Å². The van der Waals surface area contributed by atoms with Crippen molar-refractivity contribution in [2.24, 2.45) is 0 Å². The van der Waals surface area contributed by atoms with Crippen molar-refractivity contribution in [3.8, 4) is 0 Å². The molecule has 0 saturated heterocycles. The maximum Gasteiger partial charge on any atom is 0.326 e. The Morgan fingerprint density at radius 1 is 1.00 bits per heavy atom. The Kier molecular flexibility index (Phi) is 6.60. The fourth-order valence-corrected chi connectivity index (χ4v) is 2.38. The third-order valence-corrected chi connectivity index (χ3v) is 3.64. The molecule has 2 amide bonds. The second-order valence-electron chi connectivity index (χ2n) is 5.48. The molecule has 0 saturated carbocycles. The summed E-state index contributed by atoms with van der Waals surface area (Å²) in [6.45, 7) is 2.83. The topological polar surface area (TPSA) is 32.3 Å². The van der Waals surface area contributed by atoms with Gasteiger partial charge in [0.2, 0.25) is 0 Å². The van der Waals surface area contributed by atoms with E-state index in [0.29, 0.717) is 12.2 Å². The van der Waals surface area contributed by atoms with E-state index in [-0.39, 0.29) is 11.8 Å². The number of carbonyl (C=O) groups excluding carboxylic acids is 1. The van der Waals surface area contributed by atoms with Gasteiger partial charge in [0.15, 0.2) is 0 Å². The van der Waals surface area contributed by atoms with Gasteiger partial charge in [0.1, 0.15) is 5.82 Å². The molecule has 2 aromatic rings. The molecule has 0 aromatic heterocycles. The fourth-order valence-electron chi connectivity index (χ4n) is 2.38. The number of unbranched alkanes of at least 4 members (excludes halogenated alkanes) is 3. The quantitative estimate of drug-likeness (QED) is 0.678. The number of amides is 2. The van der Waals surface area contributed by atoms with Crippen LogP contribution in [0.25, 0.3) is 0 Å². The Morgan fingerprint density at radius 3 is 2.35 bits per heavy atom. The van der Waals surface area contributed by atoms with Gasteiger partial charge in [-0.05, 0) is 42.8 Å². The minimum absolute atomic E-state index is 0.195. The summed E-state index contributed by atoms with van der Waals surface area (Å²) < 4.78 is 13.0. The van der Waals surface area contributed by atoms with Crippen molar-refractivity contribution in [3.05, 3.63) is 60.4 Å². The number of nitrogens with zero attached hydrogens (tertiary/aromatic N) is 1. The van der Waals surface area contributed by atoms with Crippen LogP contribution in [0.2, 0.25) is 0 Å². The molecule has 3 nitrogen and oxygen atoms in total. The second kappa shape index (κ2) is 8.93. The molecule has 1 N–H and O–H groups in total. The van der Waals surface area contributed by atoms with Crippen LogP contribution in [-0.2, 0) is 0 Å². The highest BCUT2D eigenvalue weighted by atomic mass is 19.1. The van der Waals surface area contributed by atoms with Gasteiger partial charge in [0, 0.05) is 17.9 Å². The Morgan fingerprint density at radius 2 is 1.70 bits per heavy atom. The molecule has 122 valence electrons. The molecule has 0 aliphatic heterocycles. The van der Waals surface area contributed by atoms with Gasteiger partial charge in [-0.3, -0.25) is 4.90 Å². The van der Waals surface area contributed by atoms with Gasteiger partial charge in [-0.1, -0.05) is 44.4 Å². The number of halogens is 1. The number of para-hydroxylation sites is 1. The standard InChI is InChI=1S/C19H23FN2O/c1-2-3-4-8-15-22(18-9-6-5-7-10-18)19(23)21-17-13-11-16(20)12-14-17/h5-7,9-14H,2-4,8,15H2,1H3,(H,21,23). The summed E-state index contributed by atoms with van der Waals surface area (Å²) in [5.41, 5.74) is 1.45. The normalized spacial score (nSPS) is 10.3. The molecule has 0 aliphatic carbocycles. The summed E-state index contributed by atoms with van der Waals surface area (Å²) in [7, 11) is 0. The average Bonchev–Trinajstić information content (AvgIpc) is 2.58. The van der Waals surface area contributed by atoms with E-state index in [1.54, 1.807) is 17.0 Å². The van der Waals surface area contributed by atoms with E-state index in [4.69, 9.17) is 0 Å². The van der Waals surface area contributed by atoms with Crippen molar-refractivity contribution in [3.63, 3.8) is 0 Å². The van der Waals surface area contributed by atoms with E-state index >= 15 is 0 Å². The van der Waals surface area contributed by atoms with E-state index in [1.165, 1.54) is 18.6 Å². The Bertz CT molecular complexity index is 599. The molecule has 0 spiro atoms. The van der Waals surface area contributed by atoms with E-state index in [0.717, 1.165) is 24.9 Å². The Balaban J connectivity index is 2.05. The predicted molar refractivity (Wildman–Crippen MR) is 93.3 cm³/mol. The van der Waals surface area contributed by atoms with Gasteiger partial charge >= 0.3 is 6.03 Å². The van der Waals surface area contributed by atoms with Crippen LogP contribution >= 0.6 is 0 Å². The summed E-state index contributed by atoms with van der Waals surface area (Å²) in [5, 5.41) is 2.83. The first-order chi connectivity index (χ1) is 11.2. The lowest BCUT2D eigenvalue weighted by Gasteiger charge is -2.23. The molecule has 2 rings (SSSR count). The zero-order valence-corrected chi connectivity index (χ0v) is 13.5. The maximum atomic E-state index is 13.0. The summed E-state index contributed by atoms with van der Waals surface area (Å²) in [4.78, 5) is 14.3. The predicted octanol–water partition coefficient (Wildman–Crippen LogP) is 5.44. The Labute approximate surface area is 137 Å². The number of urea groups is 1. The Hall–Kier alpha value is -2.36. The summed E-state index contributed by atoms with van der Waals surface area (Å²) >= 11 is 0. The van der Waals surface area contributed by atoms with E-state index in [2.05, 4.69) is 12.2 Å². The monoisotopic (exact) mass is 314 g/mol. The molecule has 0 aliphatic rings.